The number of carbonyl (C=O) groups excluding carboxylic acids is 2. The van der Waals surface area contributed by atoms with Crippen molar-refractivity contribution in [2.45, 2.75) is 51.0 Å². The molecule has 2 aromatic heterocycles. The highest BCUT2D eigenvalue weighted by Crippen LogP contribution is 2.49. The third-order valence-corrected chi connectivity index (χ3v) is 7.35. The lowest BCUT2D eigenvalue weighted by atomic mass is 10.2. The van der Waals surface area contributed by atoms with Gasteiger partial charge in [-0.15, -0.1) is 11.3 Å². The van der Waals surface area contributed by atoms with Crippen LogP contribution < -0.4 is 11.1 Å². The maximum Gasteiger partial charge on any atom is 0.324 e. The van der Waals surface area contributed by atoms with E-state index in [9.17, 15) is 9.59 Å². The lowest BCUT2D eigenvalue weighted by molar-refractivity contribution is -0.121. The molecular weight excluding hydrogens is 370 g/mol. The van der Waals surface area contributed by atoms with Gasteiger partial charge in [0.2, 0.25) is 5.91 Å². The number of nitrogens with one attached hydrogen (secondary N) is 1. The number of aryl methyl sites for hydroxylation is 1. The fourth-order valence-corrected chi connectivity index (χ4v) is 5.24. The number of hydrogen-bond acceptors (Lipinski definition) is 6. The number of rotatable bonds is 4. The quantitative estimate of drug-likeness (QED) is 0.836. The molecule has 9 heteroatoms. The van der Waals surface area contributed by atoms with E-state index < -0.39 is 11.9 Å². The minimum absolute atomic E-state index is 0.248. The average molecular weight is 392 g/mol. The lowest BCUT2D eigenvalue weighted by Gasteiger charge is -2.21. The number of primary amides is 1. The monoisotopic (exact) mass is 391 g/mol. The second-order valence-corrected chi connectivity index (χ2v) is 9.07. The molecule has 1 saturated heterocycles. The number of hydrogen-bond donors (Lipinski definition) is 2. The summed E-state index contributed by atoms with van der Waals surface area (Å²) >= 11 is 3.10. The number of anilines is 1. The van der Waals surface area contributed by atoms with Gasteiger partial charge in [0.1, 0.15) is 6.04 Å². The molecule has 2 fully saturated rings. The Morgan fingerprint density at radius 3 is 2.85 bits per heavy atom. The van der Waals surface area contributed by atoms with E-state index >= 15 is 0 Å². The SMILES string of the molecule is Cc1nc(NC(=O)N2CCCC2C(N)=O)sc1-c1csc(C2(C)CC2)n1. The Balaban J connectivity index is 1.50. The first-order valence-corrected chi connectivity index (χ1v) is 10.4. The lowest BCUT2D eigenvalue weighted by Crippen LogP contribution is -2.45. The molecule has 3 amide bonds. The largest absolute Gasteiger partial charge is 0.368 e. The summed E-state index contributed by atoms with van der Waals surface area (Å²) in [5.74, 6) is -0.461. The Hall–Kier alpha value is -2.00. The van der Waals surface area contributed by atoms with Crippen LogP contribution in [0.5, 0.6) is 0 Å². The summed E-state index contributed by atoms with van der Waals surface area (Å²) in [6, 6.07) is -0.855. The van der Waals surface area contributed by atoms with E-state index in [1.807, 2.05) is 6.92 Å². The van der Waals surface area contributed by atoms with Crippen LogP contribution in [0.4, 0.5) is 9.93 Å². The molecule has 0 spiro atoms. The summed E-state index contributed by atoms with van der Waals surface area (Å²) in [4.78, 5) is 35.7. The first kappa shape index (κ1) is 17.4. The zero-order valence-corrected chi connectivity index (χ0v) is 16.4. The van der Waals surface area contributed by atoms with Crippen LogP contribution in [0.1, 0.15) is 43.3 Å². The number of carbonyl (C=O) groups is 2. The predicted molar refractivity (Wildman–Crippen MR) is 102 cm³/mol. The molecule has 1 aliphatic heterocycles. The van der Waals surface area contributed by atoms with Crippen molar-refractivity contribution in [2.24, 2.45) is 5.73 Å². The molecular formula is C17H21N5O2S2. The third kappa shape index (κ3) is 3.09. The van der Waals surface area contributed by atoms with Crippen molar-refractivity contribution in [1.82, 2.24) is 14.9 Å². The highest BCUT2D eigenvalue weighted by atomic mass is 32.1. The van der Waals surface area contributed by atoms with E-state index in [-0.39, 0.29) is 11.4 Å². The topological polar surface area (TPSA) is 101 Å². The van der Waals surface area contributed by atoms with Gasteiger partial charge in [-0.05, 0) is 32.6 Å². The van der Waals surface area contributed by atoms with E-state index in [4.69, 9.17) is 10.7 Å². The van der Waals surface area contributed by atoms with E-state index in [2.05, 4.69) is 22.6 Å². The van der Waals surface area contributed by atoms with Gasteiger partial charge < -0.3 is 10.6 Å². The van der Waals surface area contributed by atoms with Gasteiger partial charge in [0.15, 0.2) is 5.13 Å². The number of likely N-dealkylation sites (tertiary alicyclic amines) is 1. The van der Waals surface area contributed by atoms with Gasteiger partial charge in [-0.25, -0.2) is 14.8 Å². The molecule has 1 atom stereocenters. The molecule has 2 aromatic rings. The molecule has 26 heavy (non-hydrogen) atoms. The minimum atomic E-state index is -0.532. The number of nitrogens with two attached hydrogens (primary N) is 1. The van der Waals surface area contributed by atoms with Crippen LogP contribution in [0.3, 0.4) is 0 Å². The first-order valence-electron chi connectivity index (χ1n) is 8.68. The molecule has 7 nitrogen and oxygen atoms in total. The number of urea groups is 1. The maximum atomic E-state index is 12.5. The summed E-state index contributed by atoms with van der Waals surface area (Å²) in [6.45, 7) is 4.69. The number of aromatic nitrogens is 2. The van der Waals surface area contributed by atoms with E-state index in [1.54, 1.807) is 11.3 Å². The van der Waals surface area contributed by atoms with Gasteiger partial charge in [0, 0.05) is 17.3 Å². The fourth-order valence-electron chi connectivity index (χ4n) is 3.21. The molecule has 1 aliphatic carbocycles. The molecule has 3 N–H and O–H groups in total. The summed E-state index contributed by atoms with van der Waals surface area (Å²) in [6.07, 6.45) is 3.79. The molecule has 1 unspecified atom stereocenters. The van der Waals surface area contributed by atoms with Crippen LogP contribution in [0.2, 0.25) is 0 Å². The van der Waals surface area contributed by atoms with Gasteiger partial charge in [-0.2, -0.15) is 0 Å². The smallest absolute Gasteiger partial charge is 0.324 e. The van der Waals surface area contributed by atoms with Gasteiger partial charge in [-0.1, -0.05) is 18.3 Å². The van der Waals surface area contributed by atoms with Crippen LogP contribution in [-0.2, 0) is 10.2 Å². The van der Waals surface area contributed by atoms with Crippen molar-refractivity contribution in [2.75, 3.05) is 11.9 Å². The van der Waals surface area contributed by atoms with Crippen LogP contribution in [0.25, 0.3) is 10.6 Å². The van der Waals surface area contributed by atoms with E-state index in [1.165, 1.54) is 34.1 Å². The Morgan fingerprint density at radius 2 is 2.15 bits per heavy atom. The van der Waals surface area contributed by atoms with Crippen molar-refractivity contribution in [3.05, 3.63) is 16.1 Å². The number of thiazole rings is 2. The van der Waals surface area contributed by atoms with Gasteiger partial charge in [0.05, 0.1) is 21.3 Å². The first-order chi connectivity index (χ1) is 12.4. The van der Waals surface area contributed by atoms with Crippen LogP contribution in [-0.4, -0.2) is 39.4 Å². The normalized spacial score (nSPS) is 21.0. The second kappa shape index (κ2) is 6.31. The van der Waals surface area contributed by atoms with Gasteiger partial charge in [0.25, 0.3) is 0 Å². The van der Waals surface area contributed by atoms with Gasteiger partial charge >= 0.3 is 6.03 Å². The summed E-state index contributed by atoms with van der Waals surface area (Å²) < 4.78 is 0. The molecule has 0 radical (unpaired) electrons. The molecule has 0 bridgehead atoms. The minimum Gasteiger partial charge on any atom is -0.368 e. The highest BCUT2D eigenvalue weighted by molar-refractivity contribution is 7.19. The molecule has 0 aromatic carbocycles. The Bertz CT molecular complexity index is 870. The van der Waals surface area contributed by atoms with Crippen molar-refractivity contribution in [3.63, 3.8) is 0 Å². The van der Waals surface area contributed by atoms with Crippen molar-refractivity contribution >= 4 is 39.7 Å². The fraction of sp³-hybridized carbons (Fsp3) is 0.529. The Morgan fingerprint density at radius 1 is 1.38 bits per heavy atom. The molecule has 138 valence electrons. The standard InChI is InChI=1S/C17H21N5O2S2/c1-9-12(10-8-25-14(20-10)17(2)5-6-17)26-15(19-9)21-16(24)22-7-3-4-11(22)13(18)23/h8,11H,3-7H2,1-2H3,(H2,18,23)(H,19,21,24). The zero-order chi connectivity index (χ0) is 18.5. The summed E-state index contributed by atoms with van der Waals surface area (Å²) in [5.41, 5.74) is 7.40. The molecule has 1 saturated carbocycles. The van der Waals surface area contributed by atoms with Crippen molar-refractivity contribution in [3.8, 4) is 10.6 Å². The van der Waals surface area contributed by atoms with Crippen LogP contribution >= 0.6 is 22.7 Å². The number of nitrogens with zero attached hydrogens (tertiary/aromatic N) is 3. The zero-order valence-electron chi connectivity index (χ0n) is 14.7. The average Bonchev–Trinajstić information content (AvgIpc) is 3.05. The Labute approximate surface area is 159 Å². The third-order valence-electron chi connectivity index (χ3n) is 5.11. The van der Waals surface area contributed by atoms with E-state index in [0.717, 1.165) is 22.7 Å². The highest BCUT2D eigenvalue weighted by Gasteiger charge is 2.42. The predicted octanol–water partition coefficient (Wildman–Crippen LogP) is 3.11. The van der Waals surface area contributed by atoms with Crippen molar-refractivity contribution in [1.29, 1.82) is 0 Å². The Kier molecular flexibility index (Phi) is 4.23. The molecule has 3 heterocycles. The summed E-state index contributed by atoms with van der Waals surface area (Å²) in [7, 11) is 0. The maximum absolute atomic E-state index is 12.5. The van der Waals surface area contributed by atoms with Gasteiger partial charge in [-0.3, -0.25) is 10.1 Å². The van der Waals surface area contributed by atoms with Crippen LogP contribution in [0.15, 0.2) is 5.38 Å². The van der Waals surface area contributed by atoms with Crippen LogP contribution in [0, 0.1) is 6.92 Å². The van der Waals surface area contributed by atoms with E-state index in [0.29, 0.717) is 18.1 Å². The molecule has 2 aliphatic rings. The summed E-state index contributed by atoms with van der Waals surface area (Å²) in [5, 5.41) is 6.57. The number of amides is 3. The van der Waals surface area contributed by atoms with Crippen molar-refractivity contribution < 1.29 is 9.59 Å². The second-order valence-electron chi connectivity index (χ2n) is 7.22. The molecule has 4 rings (SSSR count).